The van der Waals surface area contributed by atoms with Gasteiger partial charge < -0.3 is 14.4 Å². The fourth-order valence-corrected chi connectivity index (χ4v) is 4.86. The monoisotopic (exact) mass is 457 g/mol. The molecule has 1 aliphatic heterocycles. The molecule has 7 nitrogen and oxygen atoms in total. The highest BCUT2D eigenvalue weighted by atomic mass is 19.3. The topological polar surface area (TPSA) is 86.3 Å². The number of carboxylic acids is 1. The van der Waals surface area contributed by atoms with E-state index in [1.165, 1.54) is 12.3 Å². The summed E-state index contributed by atoms with van der Waals surface area (Å²) in [6.07, 6.45) is 1.09. The maximum Gasteiger partial charge on any atom is 0.341 e. The summed E-state index contributed by atoms with van der Waals surface area (Å²) in [5, 5.41) is 15.0. The number of pyridine rings is 1. The highest BCUT2D eigenvalue weighted by Gasteiger charge is 2.45. The van der Waals surface area contributed by atoms with Gasteiger partial charge in [-0.2, -0.15) is 5.10 Å². The zero-order valence-corrected chi connectivity index (χ0v) is 18.6. The standard InChI is InChI=1S/C24H25F2N3O4/c1-23(2,3)19-11-29-21(16-7-17(30)15(22(31)32)10-28(16)19)14-5-4-6-18(20(14)27-29)33-12-13-8-24(25,26)9-13/h4-7,10,13,19H,8-9,11-12H2,1-3H3,(H,31,32). The van der Waals surface area contributed by atoms with Crippen molar-refractivity contribution in [2.75, 3.05) is 6.61 Å². The molecule has 3 aromatic rings. The molecule has 1 N–H and O–H groups in total. The molecule has 2 aromatic heterocycles. The molecule has 33 heavy (non-hydrogen) atoms. The Bertz CT molecular complexity index is 1330. The predicted octanol–water partition coefficient (Wildman–Crippen LogP) is 4.59. The molecule has 0 radical (unpaired) electrons. The molecule has 3 heterocycles. The van der Waals surface area contributed by atoms with E-state index < -0.39 is 17.3 Å². The van der Waals surface area contributed by atoms with E-state index in [0.717, 1.165) is 5.39 Å². The van der Waals surface area contributed by atoms with E-state index >= 15 is 0 Å². The van der Waals surface area contributed by atoms with Gasteiger partial charge in [-0.15, -0.1) is 0 Å². The van der Waals surface area contributed by atoms with E-state index in [4.69, 9.17) is 9.84 Å². The summed E-state index contributed by atoms with van der Waals surface area (Å²) in [5.41, 5.74) is 0.808. The first-order valence-corrected chi connectivity index (χ1v) is 10.9. The van der Waals surface area contributed by atoms with E-state index in [-0.39, 0.29) is 42.4 Å². The van der Waals surface area contributed by atoms with Gasteiger partial charge in [0.2, 0.25) is 5.92 Å². The molecular weight excluding hydrogens is 432 g/mol. The number of rotatable bonds is 4. The molecule has 9 heteroatoms. The van der Waals surface area contributed by atoms with Crippen LogP contribution in [0.3, 0.4) is 0 Å². The summed E-state index contributed by atoms with van der Waals surface area (Å²) >= 11 is 0. The number of benzene rings is 1. The fraction of sp³-hybridized carbons (Fsp3) is 0.458. The van der Waals surface area contributed by atoms with E-state index in [9.17, 15) is 23.5 Å². The predicted molar refractivity (Wildman–Crippen MR) is 118 cm³/mol. The fourth-order valence-electron chi connectivity index (χ4n) is 4.86. The minimum Gasteiger partial charge on any atom is -0.491 e. The van der Waals surface area contributed by atoms with Crippen LogP contribution >= 0.6 is 0 Å². The van der Waals surface area contributed by atoms with Crippen molar-refractivity contribution in [2.45, 2.75) is 52.1 Å². The molecule has 0 amide bonds. The first kappa shape index (κ1) is 21.6. The van der Waals surface area contributed by atoms with Gasteiger partial charge in [0.25, 0.3) is 0 Å². The number of aromatic nitrogens is 3. The number of hydrogen-bond acceptors (Lipinski definition) is 4. The quantitative estimate of drug-likeness (QED) is 0.619. The van der Waals surface area contributed by atoms with Crippen molar-refractivity contribution < 1.29 is 23.4 Å². The molecule has 174 valence electrons. The second-order valence-electron chi connectivity index (χ2n) is 10.2. The first-order valence-electron chi connectivity index (χ1n) is 10.9. The summed E-state index contributed by atoms with van der Waals surface area (Å²) in [6, 6.07) is 6.66. The number of fused-ring (bicyclic) bond motifs is 5. The first-order chi connectivity index (χ1) is 15.4. The largest absolute Gasteiger partial charge is 0.491 e. The Labute approximate surface area is 188 Å². The average Bonchev–Trinajstić information content (AvgIpc) is 3.08. The van der Waals surface area contributed by atoms with Crippen molar-refractivity contribution in [1.29, 1.82) is 0 Å². The smallest absolute Gasteiger partial charge is 0.341 e. The van der Waals surface area contributed by atoms with Crippen molar-refractivity contribution in [3.05, 3.63) is 46.2 Å². The van der Waals surface area contributed by atoms with E-state index in [1.807, 2.05) is 15.3 Å². The van der Waals surface area contributed by atoms with Gasteiger partial charge in [-0.3, -0.25) is 9.48 Å². The van der Waals surface area contributed by atoms with E-state index in [1.54, 1.807) is 12.1 Å². The molecule has 1 fully saturated rings. The number of ether oxygens (including phenoxy) is 1. The lowest BCUT2D eigenvalue weighted by Crippen LogP contribution is -2.38. The van der Waals surface area contributed by atoms with Crippen molar-refractivity contribution >= 4 is 16.9 Å². The van der Waals surface area contributed by atoms with Crippen LogP contribution in [-0.4, -0.2) is 38.0 Å². The summed E-state index contributed by atoms with van der Waals surface area (Å²) in [4.78, 5) is 24.2. The lowest BCUT2D eigenvalue weighted by atomic mass is 9.82. The summed E-state index contributed by atoms with van der Waals surface area (Å²) < 4.78 is 35.9. The van der Waals surface area contributed by atoms with Crippen LogP contribution in [0.4, 0.5) is 8.78 Å². The van der Waals surface area contributed by atoms with Gasteiger partial charge in [0.15, 0.2) is 5.43 Å². The molecule has 1 atom stereocenters. The Kier molecular flexibility index (Phi) is 4.67. The van der Waals surface area contributed by atoms with Crippen LogP contribution in [0.5, 0.6) is 5.75 Å². The van der Waals surface area contributed by atoms with Crippen LogP contribution in [-0.2, 0) is 6.54 Å². The number of carboxylic acid groups (broad SMARTS) is 1. The van der Waals surface area contributed by atoms with Crippen molar-refractivity contribution in [3.63, 3.8) is 0 Å². The second-order valence-corrected chi connectivity index (χ2v) is 10.2. The van der Waals surface area contributed by atoms with Crippen molar-refractivity contribution in [3.8, 4) is 17.1 Å². The number of carbonyl (C=O) groups is 1. The SMILES string of the molecule is CC(C)(C)C1Cn2nc3c(OCC4CC(F)(F)C4)cccc3c2-c2cc(=O)c(C(=O)O)cn21. The zero-order chi connectivity index (χ0) is 23.7. The Morgan fingerprint density at radius 1 is 1.30 bits per heavy atom. The van der Waals surface area contributed by atoms with Gasteiger partial charge >= 0.3 is 5.97 Å². The van der Waals surface area contributed by atoms with Gasteiger partial charge in [-0.1, -0.05) is 32.9 Å². The number of halogens is 2. The van der Waals surface area contributed by atoms with Gasteiger partial charge in [0, 0.05) is 36.4 Å². The minimum atomic E-state index is -2.60. The lowest BCUT2D eigenvalue weighted by Gasteiger charge is -2.38. The molecule has 5 rings (SSSR count). The van der Waals surface area contributed by atoms with Gasteiger partial charge in [0.1, 0.15) is 16.8 Å². The third-order valence-corrected chi connectivity index (χ3v) is 6.62. The van der Waals surface area contributed by atoms with Crippen molar-refractivity contribution in [1.82, 2.24) is 14.3 Å². The molecule has 1 aromatic carbocycles. The van der Waals surface area contributed by atoms with Crippen LogP contribution in [0.25, 0.3) is 22.3 Å². The van der Waals surface area contributed by atoms with E-state index in [0.29, 0.717) is 29.2 Å². The zero-order valence-electron chi connectivity index (χ0n) is 18.6. The third-order valence-electron chi connectivity index (χ3n) is 6.62. The van der Waals surface area contributed by atoms with Crippen LogP contribution < -0.4 is 10.2 Å². The molecule has 0 saturated heterocycles. The second kappa shape index (κ2) is 7.13. The highest BCUT2D eigenvalue weighted by Crippen LogP contribution is 2.44. The molecule has 1 unspecified atom stereocenters. The number of hydrogen-bond donors (Lipinski definition) is 1. The van der Waals surface area contributed by atoms with Gasteiger partial charge in [0.05, 0.1) is 30.6 Å². The molecule has 2 aliphatic rings. The Morgan fingerprint density at radius 2 is 2.03 bits per heavy atom. The van der Waals surface area contributed by atoms with E-state index in [2.05, 4.69) is 20.8 Å². The number of alkyl halides is 2. The number of aromatic carboxylic acids is 1. The maximum atomic E-state index is 13.2. The Hall–Kier alpha value is -3.23. The summed E-state index contributed by atoms with van der Waals surface area (Å²) in [6.45, 7) is 6.83. The third kappa shape index (κ3) is 3.59. The maximum absolute atomic E-state index is 13.2. The number of nitrogens with zero attached hydrogens (tertiary/aromatic N) is 3. The Balaban J connectivity index is 1.61. The average molecular weight is 457 g/mol. The molecule has 0 spiro atoms. The summed E-state index contributed by atoms with van der Waals surface area (Å²) in [5.74, 6) is -3.54. The van der Waals surface area contributed by atoms with Crippen LogP contribution in [0.2, 0.25) is 0 Å². The van der Waals surface area contributed by atoms with Crippen molar-refractivity contribution in [2.24, 2.45) is 11.3 Å². The highest BCUT2D eigenvalue weighted by molar-refractivity contribution is 5.96. The normalized spacial score (nSPS) is 19.6. The van der Waals surface area contributed by atoms with Crippen LogP contribution in [0.1, 0.15) is 50.0 Å². The minimum absolute atomic E-state index is 0.144. The molecule has 1 aliphatic carbocycles. The lowest BCUT2D eigenvalue weighted by molar-refractivity contribution is -0.118. The van der Waals surface area contributed by atoms with Crippen LogP contribution in [0, 0.1) is 11.3 Å². The Morgan fingerprint density at radius 3 is 2.67 bits per heavy atom. The molecule has 0 bridgehead atoms. The summed E-state index contributed by atoms with van der Waals surface area (Å²) in [7, 11) is 0. The van der Waals surface area contributed by atoms with Crippen LogP contribution in [0.15, 0.2) is 35.3 Å². The molecule has 1 saturated carbocycles. The van der Waals surface area contributed by atoms with Gasteiger partial charge in [-0.05, 0) is 11.5 Å². The molecular formula is C24H25F2N3O4. The van der Waals surface area contributed by atoms with Gasteiger partial charge in [-0.25, -0.2) is 13.6 Å².